The van der Waals surface area contributed by atoms with Crippen LogP contribution in [0.3, 0.4) is 0 Å². The third kappa shape index (κ3) is 5.97. The molecule has 1 aliphatic rings. The van der Waals surface area contributed by atoms with Crippen LogP contribution in [0, 0.1) is 0 Å². The van der Waals surface area contributed by atoms with Crippen molar-refractivity contribution >= 4 is 34.7 Å². The van der Waals surface area contributed by atoms with Gasteiger partial charge in [0.15, 0.2) is 5.12 Å². The Morgan fingerprint density at radius 2 is 1.66 bits per heavy atom. The van der Waals surface area contributed by atoms with Crippen LogP contribution in [0.15, 0.2) is 60.7 Å². The number of nitrogens with one attached hydrogen (secondary N) is 1. The number of carbonyl (C=O) groups is 4. The van der Waals surface area contributed by atoms with Crippen molar-refractivity contribution < 1.29 is 24.3 Å². The Balaban J connectivity index is 1.69. The molecule has 2 unspecified atom stereocenters. The predicted molar refractivity (Wildman–Crippen MR) is 122 cm³/mol. The highest BCUT2D eigenvalue weighted by molar-refractivity contribution is 8.14. The van der Waals surface area contributed by atoms with E-state index in [1.165, 1.54) is 11.8 Å². The van der Waals surface area contributed by atoms with Gasteiger partial charge in [-0.15, -0.1) is 0 Å². The number of carbonyl (C=O) groups excluding carboxylic acids is 3. The SMILES string of the molecule is CC(=O)SC(Cc1ccccc1)C(=O)NCC(=O)N1C(c2ccccc2)CC[C@H]1C(=O)O. The molecule has 0 aromatic heterocycles. The van der Waals surface area contributed by atoms with Crippen LogP contribution in [-0.4, -0.2) is 50.7 Å². The van der Waals surface area contributed by atoms with Crippen LogP contribution in [0.4, 0.5) is 0 Å². The van der Waals surface area contributed by atoms with Gasteiger partial charge in [0.2, 0.25) is 11.8 Å². The number of nitrogens with zero attached hydrogens (tertiary/aromatic N) is 1. The Morgan fingerprint density at radius 3 is 2.25 bits per heavy atom. The van der Waals surface area contributed by atoms with Gasteiger partial charge in [-0.2, -0.15) is 0 Å². The molecule has 2 aromatic rings. The standard InChI is InChI=1S/C24H26N2O5S/c1-16(27)32-21(14-17-8-4-2-5-9-17)23(29)25-15-22(28)26-19(12-13-20(26)24(30)31)18-10-6-3-7-11-18/h2-11,19-21H,12-15H2,1H3,(H,25,29)(H,30,31)/t19?,20-,21?/m0/s1. The molecule has 1 heterocycles. The maximum absolute atomic E-state index is 13.0. The van der Waals surface area contributed by atoms with Crippen molar-refractivity contribution in [2.24, 2.45) is 0 Å². The molecule has 3 atom stereocenters. The fraction of sp³-hybridized carbons (Fsp3) is 0.333. The Hall–Kier alpha value is -3.13. The molecule has 2 aromatic carbocycles. The summed E-state index contributed by atoms with van der Waals surface area (Å²) in [6, 6.07) is 17.3. The van der Waals surface area contributed by atoms with Gasteiger partial charge in [-0.3, -0.25) is 14.4 Å². The molecule has 1 saturated heterocycles. The Kier molecular flexibility index (Phi) is 8.05. The zero-order valence-corrected chi connectivity index (χ0v) is 18.6. The van der Waals surface area contributed by atoms with Crippen LogP contribution in [0.2, 0.25) is 0 Å². The average molecular weight is 455 g/mol. The molecule has 1 fully saturated rings. The van der Waals surface area contributed by atoms with Crippen LogP contribution >= 0.6 is 11.8 Å². The van der Waals surface area contributed by atoms with Crippen LogP contribution in [0.5, 0.6) is 0 Å². The molecular weight excluding hydrogens is 428 g/mol. The second-order valence-electron chi connectivity index (χ2n) is 7.66. The minimum atomic E-state index is -1.06. The van der Waals surface area contributed by atoms with Crippen molar-refractivity contribution in [2.75, 3.05) is 6.54 Å². The molecule has 8 heteroatoms. The van der Waals surface area contributed by atoms with E-state index in [0.29, 0.717) is 19.3 Å². The van der Waals surface area contributed by atoms with Crippen LogP contribution in [0.1, 0.15) is 36.9 Å². The fourth-order valence-electron chi connectivity index (χ4n) is 3.99. The summed E-state index contributed by atoms with van der Waals surface area (Å²) in [4.78, 5) is 50.6. The molecule has 3 rings (SSSR count). The van der Waals surface area contributed by atoms with Gasteiger partial charge >= 0.3 is 5.97 Å². The van der Waals surface area contributed by atoms with Gasteiger partial charge < -0.3 is 15.3 Å². The molecule has 0 saturated carbocycles. The van der Waals surface area contributed by atoms with E-state index in [2.05, 4.69) is 5.32 Å². The number of aliphatic carboxylic acids is 1. The molecule has 2 amide bonds. The van der Waals surface area contributed by atoms with E-state index in [0.717, 1.165) is 22.9 Å². The third-order valence-electron chi connectivity index (χ3n) is 5.42. The van der Waals surface area contributed by atoms with Crippen LogP contribution in [0.25, 0.3) is 0 Å². The number of amides is 2. The van der Waals surface area contributed by atoms with Gasteiger partial charge in [0.25, 0.3) is 0 Å². The summed E-state index contributed by atoms with van der Waals surface area (Å²) < 4.78 is 0. The van der Waals surface area contributed by atoms with Gasteiger partial charge in [-0.05, 0) is 30.4 Å². The summed E-state index contributed by atoms with van der Waals surface area (Å²) in [5, 5.41) is 11.4. The molecular formula is C24H26N2O5S. The maximum Gasteiger partial charge on any atom is 0.326 e. The average Bonchev–Trinajstić information content (AvgIpc) is 3.23. The highest BCUT2D eigenvalue weighted by Gasteiger charge is 2.41. The molecule has 0 bridgehead atoms. The lowest BCUT2D eigenvalue weighted by atomic mass is 10.0. The molecule has 32 heavy (non-hydrogen) atoms. The van der Waals surface area contributed by atoms with Gasteiger partial charge in [0.05, 0.1) is 17.8 Å². The van der Waals surface area contributed by atoms with Crippen LogP contribution in [-0.2, 0) is 25.6 Å². The van der Waals surface area contributed by atoms with Gasteiger partial charge in [0.1, 0.15) is 6.04 Å². The summed E-state index contributed by atoms with van der Waals surface area (Å²) in [5.41, 5.74) is 1.77. The predicted octanol–water partition coefficient (Wildman–Crippen LogP) is 2.81. The van der Waals surface area contributed by atoms with E-state index >= 15 is 0 Å². The zero-order valence-electron chi connectivity index (χ0n) is 17.8. The van der Waals surface area contributed by atoms with Crippen molar-refractivity contribution in [3.05, 3.63) is 71.8 Å². The molecule has 1 aliphatic heterocycles. The van der Waals surface area contributed by atoms with Crippen molar-refractivity contribution in [1.82, 2.24) is 10.2 Å². The lowest BCUT2D eigenvalue weighted by Gasteiger charge is -2.29. The topological polar surface area (TPSA) is 104 Å². The van der Waals surface area contributed by atoms with Crippen molar-refractivity contribution in [3.8, 4) is 0 Å². The van der Waals surface area contributed by atoms with Crippen molar-refractivity contribution in [2.45, 2.75) is 43.5 Å². The van der Waals surface area contributed by atoms with Gasteiger partial charge in [-0.1, -0.05) is 72.4 Å². The lowest BCUT2D eigenvalue weighted by molar-refractivity contribution is -0.149. The van der Waals surface area contributed by atoms with E-state index in [1.807, 2.05) is 60.7 Å². The van der Waals surface area contributed by atoms with E-state index in [9.17, 15) is 24.3 Å². The summed E-state index contributed by atoms with van der Waals surface area (Å²) in [7, 11) is 0. The summed E-state index contributed by atoms with van der Waals surface area (Å²) in [6.45, 7) is 1.07. The number of hydrogen-bond donors (Lipinski definition) is 2. The van der Waals surface area contributed by atoms with Crippen molar-refractivity contribution in [1.29, 1.82) is 0 Å². The second-order valence-corrected chi connectivity index (χ2v) is 9.04. The minimum absolute atomic E-state index is 0.193. The Morgan fingerprint density at radius 1 is 1.03 bits per heavy atom. The highest BCUT2D eigenvalue weighted by Crippen LogP contribution is 2.36. The zero-order chi connectivity index (χ0) is 23.1. The summed E-state index contributed by atoms with van der Waals surface area (Å²) in [6.07, 6.45) is 1.24. The Labute approximate surface area is 191 Å². The summed E-state index contributed by atoms with van der Waals surface area (Å²) >= 11 is 0.919. The first-order valence-electron chi connectivity index (χ1n) is 10.4. The largest absolute Gasteiger partial charge is 0.480 e. The first kappa shape index (κ1) is 23.5. The van der Waals surface area contributed by atoms with Crippen molar-refractivity contribution in [3.63, 3.8) is 0 Å². The van der Waals surface area contributed by atoms with Gasteiger partial charge in [-0.25, -0.2) is 4.79 Å². The minimum Gasteiger partial charge on any atom is -0.480 e. The molecule has 0 radical (unpaired) electrons. The molecule has 0 aliphatic carbocycles. The lowest BCUT2D eigenvalue weighted by Crippen LogP contribution is -2.47. The number of benzene rings is 2. The number of rotatable bonds is 8. The monoisotopic (exact) mass is 454 g/mol. The van der Waals surface area contributed by atoms with Crippen LogP contribution < -0.4 is 5.32 Å². The number of thioether (sulfide) groups is 1. The number of likely N-dealkylation sites (tertiary alicyclic amines) is 1. The van der Waals surface area contributed by atoms with E-state index < -0.39 is 29.1 Å². The van der Waals surface area contributed by atoms with E-state index in [1.54, 1.807) is 0 Å². The number of hydrogen-bond acceptors (Lipinski definition) is 5. The molecule has 7 nitrogen and oxygen atoms in total. The van der Waals surface area contributed by atoms with Gasteiger partial charge in [0, 0.05) is 6.92 Å². The highest BCUT2D eigenvalue weighted by atomic mass is 32.2. The molecule has 0 spiro atoms. The summed E-state index contributed by atoms with van der Waals surface area (Å²) in [5.74, 6) is -1.94. The fourth-order valence-corrected chi connectivity index (χ4v) is 4.85. The maximum atomic E-state index is 13.0. The number of carboxylic acids is 1. The second kappa shape index (κ2) is 10.9. The quantitative estimate of drug-likeness (QED) is 0.636. The third-order valence-corrected chi connectivity index (χ3v) is 6.42. The van der Waals surface area contributed by atoms with E-state index in [4.69, 9.17) is 0 Å². The normalized spacial score (nSPS) is 18.7. The molecule has 168 valence electrons. The smallest absolute Gasteiger partial charge is 0.326 e. The first-order valence-corrected chi connectivity index (χ1v) is 11.3. The first-order chi connectivity index (χ1) is 15.4. The Bertz CT molecular complexity index is 967. The van der Waals surface area contributed by atoms with E-state index in [-0.39, 0.29) is 17.7 Å². The molecule has 2 N–H and O–H groups in total. The number of carboxylic acid groups (broad SMARTS) is 1.